The Balaban J connectivity index is 2.57. The fourth-order valence-corrected chi connectivity index (χ4v) is 1.58. The first kappa shape index (κ1) is 8.81. The molecule has 3 heteroatoms. The van der Waals surface area contributed by atoms with Crippen LogP contribution in [0.15, 0.2) is 30.5 Å². The van der Waals surface area contributed by atoms with Crippen LogP contribution in [-0.2, 0) is 4.79 Å². The van der Waals surface area contributed by atoms with E-state index in [0.29, 0.717) is 0 Å². The lowest BCUT2D eigenvalue weighted by atomic mass is 10.3. The van der Waals surface area contributed by atoms with E-state index in [0.717, 1.165) is 16.9 Å². The smallest absolute Gasteiger partial charge is 0.221 e. The van der Waals surface area contributed by atoms with Gasteiger partial charge < -0.3 is 9.72 Å². The van der Waals surface area contributed by atoms with Crippen LogP contribution in [0.5, 0.6) is 0 Å². The highest BCUT2D eigenvalue weighted by Gasteiger charge is 2.05. The lowest BCUT2D eigenvalue weighted by molar-refractivity contribution is -0.114. The van der Waals surface area contributed by atoms with Crippen molar-refractivity contribution in [1.82, 2.24) is 4.40 Å². The van der Waals surface area contributed by atoms with Crippen LogP contribution < -0.4 is 5.32 Å². The van der Waals surface area contributed by atoms with Crippen LogP contribution in [0.4, 0.5) is 5.69 Å². The van der Waals surface area contributed by atoms with Gasteiger partial charge in [-0.3, -0.25) is 4.79 Å². The summed E-state index contributed by atoms with van der Waals surface area (Å²) in [6.45, 7) is 3.50. The molecule has 3 nitrogen and oxygen atoms in total. The maximum atomic E-state index is 10.9. The lowest BCUT2D eigenvalue weighted by Crippen LogP contribution is -2.06. The van der Waals surface area contributed by atoms with E-state index in [1.54, 1.807) is 0 Å². The molecule has 14 heavy (non-hydrogen) atoms. The van der Waals surface area contributed by atoms with Crippen molar-refractivity contribution in [2.75, 3.05) is 5.32 Å². The number of nitrogens with zero attached hydrogens (tertiary/aromatic N) is 1. The topological polar surface area (TPSA) is 33.5 Å². The number of anilines is 1. The van der Waals surface area contributed by atoms with E-state index in [1.165, 1.54) is 6.92 Å². The van der Waals surface area contributed by atoms with E-state index in [9.17, 15) is 4.79 Å². The SMILES string of the molecule is CC(=O)Nc1cc2ccccn2c1C. The Morgan fingerprint density at radius 3 is 2.86 bits per heavy atom. The number of aryl methyl sites for hydroxylation is 1. The molecule has 0 aromatic carbocycles. The molecule has 2 heterocycles. The van der Waals surface area contributed by atoms with Crippen molar-refractivity contribution in [1.29, 1.82) is 0 Å². The number of carbonyl (C=O) groups is 1. The third kappa shape index (κ3) is 1.37. The first-order valence-corrected chi connectivity index (χ1v) is 4.53. The van der Waals surface area contributed by atoms with Gasteiger partial charge in [-0.05, 0) is 25.1 Å². The predicted octanol–water partition coefficient (Wildman–Crippen LogP) is 2.21. The van der Waals surface area contributed by atoms with Gasteiger partial charge in [0.05, 0.1) is 5.69 Å². The molecule has 2 aromatic rings. The Labute approximate surface area is 82.4 Å². The van der Waals surface area contributed by atoms with Gasteiger partial charge in [-0.1, -0.05) is 6.07 Å². The van der Waals surface area contributed by atoms with Crippen LogP contribution in [0.1, 0.15) is 12.6 Å². The number of aromatic nitrogens is 1. The fraction of sp³-hybridized carbons (Fsp3) is 0.182. The number of pyridine rings is 1. The quantitative estimate of drug-likeness (QED) is 0.731. The molecule has 0 radical (unpaired) electrons. The van der Waals surface area contributed by atoms with Crippen molar-refractivity contribution in [3.8, 4) is 0 Å². The van der Waals surface area contributed by atoms with Gasteiger partial charge in [-0.25, -0.2) is 0 Å². The van der Waals surface area contributed by atoms with Gasteiger partial charge in [0.25, 0.3) is 0 Å². The summed E-state index contributed by atoms with van der Waals surface area (Å²) < 4.78 is 2.05. The van der Waals surface area contributed by atoms with Crippen LogP contribution in [0.2, 0.25) is 0 Å². The summed E-state index contributed by atoms with van der Waals surface area (Å²) in [7, 11) is 0. The Morgan fingerprint density at radius 1 is 1.43 bits per heavy atom. The zero-order valence-corrected chi connectivity index (χ0v) is 8.24. The van der Waals surface area contributed by atoms with E-state index in [1.807, 2.05) is 41.8 Å². The molecule has 2 rings (SSSR count). The summed E-state index contributed by atoms with van der Waals surface area (Å²) in [5.74, 6) is -0.0380. The van der Waals surface area contributed by atoms with Crippen molar-refractivity contribution in [3.63, 3.8) is 0 Å². The van der Waals surface area contributed by atoms with Crippen LogP contribution in [0.3, 0.4) is 0 Å². The summed E-state index contributed by atoms with van der Waals surface area (Å²) in [6.07, 6.45) is 1.98. The second-order valence-corrected chi connectivity index (χ2v) is 3.32. The molecular formula is C11H12N2O. The third-order valence-electron chi connectivity index (χ3n) is 2.25. The minimum atomic E-state index is -0.0380. The van der Waals surface area contributed by atoms with Crippen LogP contribution in [-0.4, -0.2) is 10.3 Å². The first-order valence-electron chi connectivity index (χ1n) is 4.53. The molecule has 72 valence electrons. The van der Waals surface area contributed by atoms with E-state index in [-0.39, 0.29) is 5.91 Å². The van der Waals surface area contributed by atoms with Crippen molar-refractivity contribution in [3.05, 3.63) is 36.2 Å². The highest BCUT2D eigenvalue weighted by atomic mass is 16.1. The average Bonchev–Trinajstić information content (AvgIpc) is 2.44. The van der Waals surface area contributed by atoms with E-state index in [2.05, 4.69) is 5.32 Å². The molecule has 1 amide bonds. The van der Waals surface area contributed by atoms with Gasteiger partial charge in [0.1, 0.15) is 0 Å². The molecule has 0 saturated heterocycles. The molecule has 0 bridgehead atoms. The Bertz CT molecular complexity index is 485. The van der Waals surface area contributed by atoms with Crippen LogP contribution >= 0.6 is 0 Å². The summed E-state index contributed by atoms with van der Waals surface area (Å²) in [5.41, 5.74) is 3.02. The molecule has 0 spiro atoms. The molecule has 0 aliphatic carbocycles. The first-order chi connectivity index (χ1) is 6.68. The van der Waals surface area contributed by atoms with Crippen LogP contribution in [0, 0.1) is 6.92 Å². The van der Waals surface area contributed by atoms with Crippen molar-refractivity contribution < 1.29 is 4.79 Å². The Hall–Kier alpha value is -1.77. The summed E-state index contributed by atoms with van der Waals surface area (Å²) in [4.78, 5) is 10.9. The zero-order chi connectivity index (χ0) is 10.1. The minimum Gasteiger partial charge on any atom is -0.325 e. The molecule has 1 N–H and O–H groups in total. The molecule has 2 aromatic heterocycles. The van der Waals surface area contributed by atoms with Gasteiger partial charge in [0.15, 0.2) is 0 Å². The number of hydrogen-bond acceptors (Lipinski definition) is 1. The minimum absolute atomic E-state index is 0.0380. The molecule has 0 saturated carbocycles. The molecule has 0 atom stereocenters. The van der Waals surface area contributed by atoms with E-state index in [4.69, 9.17) is 0 Å². The number of carbonyl (C=O) groups excluding carboxylic acids is 1. The maximum absolute atomic E-state index is 10.9. The monoisotopic (exact) mass is 188 g/mol. The molecule has 0 aliphatic heterocycles. The van der Waals surface area contributed by atoms with Gasteiger partial charge in [-0.15, -0.1) is 0 Å². The van der Waals surface area contributed by atoms with Crippen molar-refractivity contribution >= 4 is 17.1 Å². The van der Waals surface area contributed by atoms with Crippen molar-refractivity contribution in [2.24, 2.45) is 0 Å². The van der Waals surface area contributed by atoms with Gasteiger partial charge in [0.2, 0.25) is 5.91 Å². The average molecular weight is 188 g/mol. The largest absolute Gasteiger partial charge is 0.325 e. The predicted molar refractivity (Wildman–Crippen MR) is 56.4 cm³/mol. The number of amides is 1. The summed E-state index contributed by atoms with van der Waals surface area (Å²) in [6, 6.07) is 7.93. The molecule has 0 aliphatic rings. The standard InChI is InChI=1S/C11H12N2O/c1-8-11(12-9(2)14)7-10-5-3-4-6-13(8)10/h3-7H,1-2H3,(H,12,14). The summed E-state index contributed by atoms with van der Waals surface area (Å²) >= 11 is 0. The lowest BCUT2D eigenvalue weighted by Gasteiger charge is -2.00. The van der Waals surface area contributed by atoms with Crippen molar-refractivity contribution in [2.45, 2.75) is 13.8 Å². The number of nitrogens with one attached hydrogen (secondary N) is 1. The highest BCUT2D eigenvalue weighted by molar-refractivity contribution is 5.90. The Morgan fingerprint density at radius 2 is 2.21 bits per heavy atom. The Kier molecular flexibility index (Phi) is 2.00. The fourth-order valence-electron chi connectivity index (χ4n) is 1.58. The zero-order valence-electron chi connectivity index (χ0n) is 8.24. The van der Waals surface area contributed by atoms with E-state index >= 15 is 0 Å². The second-order valence-electron chi connectivity index (χ2n) is 3.32. The van der Waals surface area contributed by atoms with Crippen LogP contribution in [0.25, 0.3) is 5.52 Å². The van der Waals surface area contributed by atoms with Gasteiger partial charge in [-0.2, -0.15) is 0 Å². The third-order valence-corrected chi connectivity index (χ3v) is 2.25. The second kappa shape index (κ2) is 3.18. The maximum Gasteiger partial charge on any atom is 0.221 e. The molecule has 0 unspecified atom stereocenters. The molecule has 0 fully saturated rings. The number of hydrogen-bond donors (Lipinski definition) is 1. The number of rotatable bonds is 1. The normalized spacial score (nSPS) is 10.4. The van der Waals surface area contributed by atoms with E-state index < -0.39 is 0 Å². The van der Waals surface area contributed by atoms with Gasteiger partial charge >= 0.3 is 0 Å². The summed E-state index contributed by atoms with van der Waals surface area (Å²) in [5, 5.41) is 2.80. The number of fused-ring (bicyclic) bond motifs is 1. The highest BCUT2D eigenvalue weighted by Crippen LogP contribution is 2.20. The molecular weight excluding hydrogens is 176 g/mol. The van der Waals surface area contributed by atoms with Gasteiger partial charge in [0, 0.05) is 24.3 Å².